The van der Waals surface area contributed by atoms with Gasteiger partial charge in [-0.15, -0.1) is 0 Å². The fourth-order valence-electron chi connectivity index (χ4n) is 6.51. The fourth-order valence-corrected chi connectivity index (χ4v) is 7.00. The van der Waals surface area contributed by atoms with E-state index in [1.54, 1.807) is 16.7 Å². The minimum atomic E-state index is -1.16. The number of hydrogen-bond donors (Lipinski definition) is 2. The number of nitrogens with one attached hydrogen (secondary N) is 2. The first kappa shape index (κ1) is 22.0. The van der Waals surface area contributed by atoms with Crippen LogP contribution in [-0.4, -0.2) is 46.7 Å². The third-order valence-corrected chi connectivity index (χ3v) is 8.92. The van der Waals surface area contributed by atoms with E-state index in [9.17, 15) is 14.4 Å². The zero-order valence-corrected chi connectivity index (χ0v) is 20.0. The molecule has 0 unspecified atom stereocenters. The Balaban J connectivity index is 1.61. The second kappa shape index (κ2) is 8.17. The second-order valence-corrected chi connectivity index (χ2v) is 10.9. The molecule has 0 radical (unpaired) electrons. The van der Waals surface area contributed by atoms with Crippen molar-refractivity contribution >= 4 is 35.2 Å². The van der Waals surface area contributed by atoms with Gasteiger partial charge in [0.15, 0.2) is 0 Å². The lowest BCUT2D eigenvalue weighted by molar-refractivity contribution is -0.145. The van der Waals surface area contributed by atoms with Crippen molar-refractivity contribution in [1.29, 1.82) is 0 Å². The summed E-state index contributed by atoms with van der Waals surface area (Å²) in [6.45, 7) is 4.03. The summed E-state index contributed by atoms with van der Waals surface area (Å²) in [5.41, 5.74) is 2.60. The first-order valence-electron chi connectivity index (χ1n) is 12.0. The molecule has 2 N–H and O–H groups in total. The number of nitrogens with zero attached hydrogens (tertiary/aromatic N) is 1. The van der Waals surface area contributed by atoms with E-state index in [4.69, 9.17) is 0 Å². The summed E-state index contributed by atoms with van der Waals surface area (Å²) in [4.78, 5) is 43.0. The van der Waals surface area contributed by atoms with Gasteiger partial charge in [-0.1, -0.05) is 37.8 Å². The van der Waals surface area contributed by atoms with E-state index in [0.717, 1.165) is 73.1 Å². The highest BCUT2D eigenvalue weighted by Crippen LogP contribution is 2.54. The van der Waals surface area contributed by atoms with Crippen molar-refractivity contribution in [3.63, 3.8) is 0 Å². The molecular weight excluding hydrogens is 422 g/mol. The third-order valence-electron chi connectivity index (χ3n) is 8.28. The van der Waals surface area contributed by atoms with Gasteiger partial charge in [0, 0.05) is 23.3 Å². The highest BCUT2D eigenvalue weighted by molar-refractivity contribution is 7.98. The Morgan fingerprint density at radius 2 is 1.78 bits per heavy atom. The van der Waals surface area contributed by atoms with Crippen molar-refractivity contribution in [2.45, 2.75) is 76.4 Å². The van der Waals surface area contributed by atoms with Crippen LogP contribution in [0, 0.1) is 25.7 Å². The van der Waals surface area contributed by atoms with Crippen molar-refractivity contribution in [2.24, 2.45) is 11.8 Å². The predicted octanol–water partition coefficient (Wildman–Crippen LogP) is 3.50. The Morgan fingerprint density at radius 3 is 2.47 bits per heavy atom. The van der Waals surface area contributed by atoms with Gasteiger partial charge in [0.25, 0.3) is 0 Å². The summed E-state index contributed by atoms with van der Waals surface area (Å²) in [7, 11) is 0. The number of carbonyl (C=O) groups is 3. The molecule has 1 aliphatic carbocycles. The van der Waals surface area contributed by atoms with Gasteiger partial charge in [-0.25, -0.2) is 0 Å². The molecule has 0 bridgehead atoms. The number of carbonyl (C=O) groups excluding carboxylic acids is 3. The molecule has 3 aliphatic heterocycles. The topological polar surface area (TPSA) is 78.5 Å². The first-order chi connectivity index (χ1) is 15.4. The number of fused-ring (bicyclic) bond motifs is 4. The molecule has 7 heteroatoms. The Hall–Kier alpha value is -1.86. The number of likely N-dealkylation sites (tertiary alicyclic amines) is 1. The molecule has 1 saturated carbocycles. The van der Waals surface area contributed by atoms with Gasteiger partial charge in [0.2, 0.25) is 17.7 Å². The maximum Gasteiger partial charge on any atom is 0.250 e. The molecule has 3 heterocycles. The molecule has 5 rings (SSSR count). The van der Waals surface area contributed by atoms with E-state index in [1.807, 2.05) is 32.2 Å². The SMILES string of the molecule is CSCC[C@@H]1N[C@]2(C(=O)Nc3c2ccc(C)c3C)[C@H]2C(=O)N(C3CCCCCC3)C(=O)[C@H]12. The quantitative estimate of drug-likeness (QED) is 0.537. The van der Waals surface area contributed by atoms with Crippen LogP contribution in [0.2, 0.25) is 0 Å². The predicted molar refractivity (Wildman–Crippen MR) is 126 cm³/mol. The van der Waals surface area contributed by atoms with E-state index in [1.165, 1.54) is 0 Å². The molecule has 2 saturated heterocycles. The summed E-state index contributed by atoms with van der Waals surface area (Å²) in [6, 6.07) is 3.79. The first-order valence-corrected chi connectivity index (χ1v) is 13.4. The van der Waals surface area contributed by atoms with Crippen molar-refractivity contribution in [3.05, 3.63) is 28.8 Å². The number of amides is 3. The molecule has 1 aromatic rings. The van der Waals surface area contributed by atoms with E-state index >= 15 is 0 Å². The minimum absolute atomic E-state index is 0.0231. The Morgan fingerprint density at radius 1 is 1.06 bits per heavy atom. The largest absolute Gasteiger partial charge is 0.324 e. The van der Waals surface area contributed by atoms with Crippen LogP contribution in [0.5, 0.6) is 0 Å². The number of aryl methyl sites for hydroxylation is 1. The van der Waals surface area contributed by atoms with Crippen LogP contribution in [0.15, 0.2) is 12.1 Å². The van der Waals surface area contributed by atoms with E-state index in [-0.39, 0.29) is 29.8 Å². The average molecular weight is 456 g/mol. The van der Waals surface area contributed by atoms with Crippen LogP contribution in [0.25, 0.3) is 0 Å². The van der Waals surface area contributed by atoms with Crippen LogP contribution in [-0.2, 0) is 19.9 Å². The molecular formula is C25H33N3O3S. The molecule has 4 aliphatic rings. The van der Waals surface area contributed by atoms with Crippen molar-refractivity contribution in [1.82, 2.24) is 10.2 Å². The number of imide groups is 1. The van der Waals surface area contributed by atoms with Crippen molar-refractivity contribution in [2.75, 3.05) is 17.3 Å². The molecule has 1 aromatic carbocycles. The zero-order valence-electron chi connectivity index (χ0n) is 19.2. The maximum absolute atomic E-state index is 14.0. The number of rotatable bonds is 4. The molecule has 172 valence electrons. The Kier molecular flexibility index (Phi) is 5.61. The van der Waals surface area contributed by atoms with Crippen LogP contribution < -0.4 is 10.6 Å². The molecule has 32 heavy (non-hydrogen) atoms. The van der Waals surface area contributed by atoms with Crippen molar-refractivity contribution in [3.8, 4) is 0 Å². The summed E-state index contributed by atoms with van der Waals surface area (Å²) in [5, 5.41) is 6.64. The normalized spacial score (nSPS) is 32.4. The monoisotopic (exact) mass is 455 g/mol. The molecule has 0 aromatic heterocycles. The summed E-state index contributed by atoms with van der Waals surface area (Å²) >= 11 is 1.73. The minimum Gasteiger partial charge on any atom is -0.324 e. The fraction of sp³-hybridized carbons (Fsp3) is 0.640. The van der Waals surface area contributed by atoms with Crippen molar-refractivity contribution < 1.29 is 14.4 Å². The van der Waals surface area contributed by atoms with Gasteiger partial charge in [-0.2, -0.15) is 11.8 Å². The average Bonchev–Trinajstić information content (AvgIpc) is 3.24. The van der Waals surface area contributed by atoms with Crippen LogP contribution in [0.4, 0.5) is 5.69 Å². The lowest BCUT2D eigenvalue weighted by Gasteiger charge is -2.32. The Labute approximate surface area is 194 Å². The van der Waals surface area contributed by atoms with Gasteiger partial charge in [0.05, 0.1) is 11.8 Å². The lowest BCUT2D eigenvalue weighted by Crippen LogP contribution is -2.54. The molecule has 3 amide bonds. The molecule has 4 atom stereocenters. The zero-order chi connectivity index (χ0) is 22.6. The van der Waals surface area contributed by atoms with Gasteiger partial charge in [-0.05, 0) is 56.2 Å². The van der Waals surface area contributed by atoms with Crippen LogP contribution >= 0.6 is 11.8 Å². The van der Waals surface area contributed by atoms with Gasteiger partial charge >= 0.3 is 0 Å². The lowest BCUT2D eigenvalue weighted by atomic mass is 9.76. The van der Waals surface area contributed by atoms with Gasteiger partial charge in [-0.3, -0.25) is 24.6 Å². The summed E-state index contributed by atoms with van der Waals surface area (Å²) in [5.74, 6) is -0.667. The number of thioether (sulfide) groups is 1. The van der Waals surface area contributed by atoms with Crippen LogP contribution in [0.3, 0.4) is 0 Å². The standard InChI is InChI=1S/C25H33N3O3S/c1-14-10-11-17-21(15(14)2)26-24(31)25(17)20-19(18(27-25)12-13-32-3)22(29)28(23(20)30)16-8-6-4-5-7-9-16/h10-11,16,18-20,27H,4-9,12-13H2,1-3H3,(H,26,31)/t18-,19+,20+,25-/m0/s1. The Bertz CT molecular complexity index is 971. The molecule has 6 nitrogen and oxygen atoms in total. The van der Waals surface area contributed by atoms with Gasteiger partial charge < -0.3 is 5.32 Å². The van der Waals surface area contributed by atoms with Crippen LogP contribution in [0.1, 0.15) is 61.6 Å². The smallest absolute Gasteiger partial charge is 0.250 e. The highest BCUT2D eigenvalue weighted by Gasteiger charge is 2.70. The highest BCUT2D eigenvalue weighted by atomic mass is 32.2. The molecule has 1 spiro atoms. The summed E-state index contributed by atoms with van der Waals surface area (Å²) in [6.07, 6.45) is 9.00. The van der Waals surface area contributed by atoms with E-state index in [0.29, 0.717) is 0 Å². The third kappa shape index (κ3) is 3.00. The summed E-state index contributed by atoms with van der Waals surface area (Å²) < 4.78 is 0. The van der Waals surface area contributed by atoms with E-state index < -0.39 is 17.4 Å². The molecule has 3 fully saturated rings. The number of hydrogen-bond acceptors (Lipinski definition) is 5. The number of benzene rings is 1. The number of anilines is 1. The second-order valence-electron chi connectivity index (χ2n) is 9.92. The van der Waals surface area contributed by atoms with Gasteiger partial charge in [0.1, 0.15) is 5.54 Å². The van der Waals surface area contributed by atoms with E-state index in [2.05, 4.69) is 10.6 Å². The maximum atomic E-state index is 14.0.